The van der Waals surface area contributed by atoms with Crippen molar-refractivity contribution in [1.82, 2.24) is 0 Å². The third-order valence-corrected chi connectivity index (χ3v) is 7.88. The van der Waals surface area contributed by atoms with E-state index in [0.717, 1.165) is 24.2 Å². The number of hydrogen-bond acceptors (Lipinski definition) is 1. The molecule has 1 aliphatic carbocycles. The van der Waals surface area contributed by atoms with Gasteiger partial charge in [-0.25, -0.2) is 0 Å². The third kappa shape index (κ3) is 2.98. The van der Waals surface area contributed by atoms with Crippen LogP contribution in [0.5, 0.6) is 0 Å². The van der Waals surface area contributed by atoms with Crippen molar-refractivity contribution < 1.29 is 4.42 Å². The Morgan fingerprint density at radius 1 is 0.568 bits per heavy atom. The van der Waals surface area contributed by atoms with Crippen LogP contribution < -0.4 is 0 Å². The lowest BCUT2D eigenvalue weighted by molar-refractivity contribution is 0.547. The summed E-state index contributed by atoms with van der Waals surface area (Å²) < 4.78 is 6.75. The highest BCUT2D eigenvalue weighted by Gasteiger charge is 2.23. The van der Waals surface area contributed by atoms with Gasteiger partial charge in [-0.3, -0.25) is 0 Å². The molecule has 0 bridgehead atoms. The molecule has 1 nitrogen and oxygen atoms in total. The summed E-state index contributed by atoms with van der Waals surface area (Å²) in [4.78, 5) is 0. The molecule has 8 rings (SSSR count). The summed E-state index contributed by atoms with van der Waals surface area (Å²) in [6.45, 7) is 0. The predicted octanol–water partition coefficient (Wildman–Crippen LogP) is 10.2. The standard InChI is InChI=1S/C36H24O/c1-2-12-23(13-3-1)33-26-16-6-8-18-28(26)34(29-19-9-7-17-27(29)33)31-22-24-14-4-5-15-25(24)35-30-20-10-11-21-32(30)37-36(31)35/h1-10,12-20,22H,11,21H2. The summed E-state index contributed by atoms with van der Waals surface area (Å²) in [5, 5.41) is 8.77. The summed E-state index contributed by atoms with van der Waals surface area (Å²) in [5.74, 6) is 1.10. The molecule has 0 radical (unpaired) electrons. The lowest BCUT2D eigenvalue weighted by atomic mass is 9.84. The van der Waals surface area contributed by atoms with Crippen molar-refractivity contribution in [2.75, 3.05) is 0 Å². The predicted molar refractivity (Wildman–Crippen MR) is 157 cm³/mol. The Balaban J connectivity index is 1.60. The molecule has 1 aromatic heterocycles. The van der Waals surface area contributed by atoms with E-state index in [4.69, 9.17) is 4.42 Å². The fourth-order valence-electron chi connectivity index (χ4n) is 6.32. The largest absolute Gasteiger partial charge is 0.460 e. The van der Waals surface area contributed by atoms with Gasteiger partial charge in [-0.05, 0) is 55.9 Å². The molecule has 0 atom stereocenters. The van der Waals surface area contributed by atoms with Crippen molar-refractivity contribution in [3.8, 4) is 22.3 Å². The quantitative estimate of drug-likeness (QED) is 0.228. The number of allylic oxidation sites excluding steroid dienone is 1. The van der Waals surface area contributed by atoms with E-state index >= 15 is 0 Å². The molecule has 1 heteroatoms. The van der Waals surface area contributed by atoms with Crippen LogP contribution in [0.2, 0.25) is 0 Å². The zero-order chi connectivity index (χ0) is 24.3. The van der Waals surface area contributed by atoms with Gasteiger partial charge in [0.15, 0.2) is 0 Å². The number of benzene rings is 6. The van der Waals surface area contributed by atoms with Gasteiger partial charge in [0, 0.05) is 28.5 Å². The van der Waals surface area contributed by atoms with Gasteiger partial charge in [-0.15, -0.1) is 0 Å². The van der Waals surface area contributed by atoms with Crippen LogP contribution in [0, 0.1) is 0 Å². The molecular formula is C36H24O. The van der Waals surface area contributed by atoms with E-state index in [9.17, 15) is 0 Å². The molecule has 0 spiro atoms. The minimum absolute atomic E-state index is 0.947. The molecule has 0 amide bonds. The maximum atomic E-state index is 6.75. The van der Waals surface area contributed by atoms with Gasteiger partial charge in [0.05, 0.1) is 0 Å². The van der Waals surface area contributed by atoms with Gasteiger partial charge < -0.3 is 4.42 Å². The second kappa shape index (κ2) is 7.94. The lowest BCUT2D eigenvalue weighted by Crippen LogP contribution is -1.91. The summed E-state index contributed by atoms with van der Waals surface area (Å²) in [5.41, 5.74) is 7.19. The molecule has 0 saturated heterocycles. The molecule has 0 unspecified atom stereocenters. The van der Waals surface area contributed by atoms with Crippen LogP contribution in [-0.2, 0) is 6.42 Å². The molecule has 7 aromatic rings. The first-order valence-electron chi connectivity index (χ1n) is 13.0. The van der Waals surface area contributed by atoms with Crippen LogP contribution in [-0.4, -0.2) is 0 Å². The van der Waals surface area contributed by atoms with Crippen molar-refractivity contribution in [3.05, 3.63) is 127 Å². The summed E-state index contributed by atoms with van der Waals surface area (Å²) in [7, 11) is 0. The van der Waals surface area contributed by atoms with Crippen molar-refractivity contribution >= 4 is 49.4 Å². The molecule has 1 heterocycles. The maximum Gasteiger partial charge on any atom is 0.143 e. The third-order valence-electron chi connectivity index (χ3n) is 7.88. The second-order valence-corrected chi connectivity index (χ2v) is 9.94. The molecular weight excluding hydrogens is 448 g/mol. The number of aryl methyl sites for hydroxylation is 1. The van der Waals surface area contributed by atoms with Gasteiger partial charge in [-0.2, -0.15) is 0 Å². The summed E-state index contributed by atoms with van der Waals surface area (Å²) in [6.07, 6.45) is 6.51. The van der Waals surface area contributed by atoms with Gasteiger partial charge in [0.1, 0.15) is 11.3 Å². The molecule has 1 aliphatic rings. The Hall–Kier alpha value is -4.62. The first-order chi connectivity index (χ1) is 18.4. The van der Waals surface area contributed by atoms with Crippen LogP contribution in [0.4, 0.5) is 0 Å². The smallest absolute Gasteiger partial charge is 0.143 e. The van der Waals surface area contributed by atoms with Crippen molar-refractivity contribution in [3.63, 3.8) is 0 Å². The normalized spacial score (nSPS) is 13.1. The monoisotopic (exact) mass is 472 g/mol. The van der Waals surface area contributed by atoms with E-state index in [1.54, 1.807) is 0 Å². The maximum absolute atomic E-state index is 6.75. The molecule has 0 N–H and O–H groups in total. The highest BCUT2D eigenvalue weighted by atomic mass is 16.3. The van der Waals surface area contributed by atoms with Crippen molar-refractivity contribution in [2.24, 2.45) is 0 Å². The Bertz CT molecular complexity index is 1960. The molecule has 6 aromatic carbocycles. The first kappa shape index (κ1) is 20.6. The Labute approximate surface area is 215 Å². The number of hydrogen-bond donors (Lipinski definition) is 0. The average molecular weight is 473 g/mol. The summed E-state index contributed by atoms with van der Waals surface area (Å²) in [6, 6.07) is 39.5. The Kier molecular flexibility index (Phi) is 4.41. The first-order valence-corrected chi connectivity index (χ1v) is 13.0. The highest BCUT2D eigenvalue weighted by Crippen LogP contribution is 2.48. The highest BCUT2D eigenvalue weighted by molar-refractivity contribution is 6.25. The molecule has 37 heavy (non-hydrogen) atoms. The van der Waals surface area contributed by atoms with Crippen LogP contribution >= 0.6 is 0 Å². The van der Waals surface area contributed by atoms with E-state index in [1.807, 2.05) is 0 Å². The molecule has 0 saturated carbocycles. The van der Waals surface area contributed by atoms with E-state index in [0.29, 0.717) is 0 Å². The number of furan rings is 1. The van der Waals surface area contributed by atoms with Crippen LogP contribution in [0.1, 0.15) is 17.7 Å². The van der Waals surface area contributed by atoms with Crippen molar-refractivity contribution in [2.45, 2.75) is 12.8 Å². The topological polar surface area (TPSA) is 13.1 Å². The fourth-order valence-corrected chi connectivity index (χ4v) is 6.32. The second-order valence-electron chi connectivity index (χ2n) is 9.94. The lowest BCUT2D eigenvalue weighted by Gasteiger charge is -2.18. The molecule has 0 fully saturated rings. The molecule has 0 aliphatic heterocycles. The zero-order valence-corrected chi connectivity index (χ0v) is 20.4. The van der Waals surface area contributed by atoms with Crippen molar-refractivity contribution in [1.29, 1.82) is 0 Å². The minimum Gasteiger partial charge on any atom is -0.460 e. The minimum atomic E-state index is 0.947. The van der Waals surface area contributed by atoms with E-state index in [1.165, 1.54) is 65.5 Å². The van der Waals surface area contributed by atoms with E-state index in [2.05, 4.69) is 121 Å². The summed E-state index contributed by atoms with van der Waals surface area (Å²) >= 11 is 0. The van der Waals surface area contributed by atoms with Crippen LogP contribution in [0.3, 0.4) is 0 Å². The zero-order valence-electron chi connectivity index (χ0n) is 20.4. The van der Waals surface area contributed by atoms with E-state index < -0.39 is 0 Å². The van der Waals surface area contributed by atoms with Gasteiger partial charge >= 0.3 is 0 Å². The van der Waals surface area contributed by atoms with E-state index in [-0.39, 0.29) is 0 Å². The Morgan fingerprint density at radius 3 is 1.86 bits per heavy atom. The molecule has 174 valence electrons. The van der Waals surface area contributed by atoms with Gasteiger partial charge in [0.2, 0.25) is 0 Å². The SMILES string of the molecule is C1=Cc2c(oc3c(-c4c5ccccc5c(-c5ccccc5)c5ccccc45)cc4ccccc4c23)CC1. The Morgan fingerprint density at radius 2 is 1.16 bits per heavy atom. The van der Waals surface area contributed by atoms with Crippen LogP contribution in [0.15, 0.2) is 120 Å². The van der Waals surface area contributed by atoms with Gasteiger partial charge in [0.25, 0.3) is 0 Å². The van der Waals surface area contributed by atoms with Gasteiger partial charge in [-0.1, -0.05) is 115 Å². The van der Waals surface area contributed by atoms with Crippen LogP contribution in [0.25, 0.3) is 71.6 Å². The number of rotatable bonds is 2. The number of fused-ring (bicyclic) bond motifs is 7. The fraction of sp³-hybridized carbons (Fsp3) is 0.0556. The average Bonchev–Trinajstić information content (AvgIpc) is 3.36.